The Bertz CT molecular complexity index is 241. The van der Waals surface area contributed by atoms with Gasteiger partial charge in [-0.2, -0.15) is 0 Å². The lowest BCUT2D eigenvalue weighted by Crippen LogP contribution is -2.47. The molecule has 0 aliphatic carbocycles. The van der Waals surface area contributed by atoms with Crippen LogP contribution in [0.2, 0.25) is 0 Å². The third-order valence-electron chi connectivity index (χ3n) is 2.41. The molecule has 16 heavy (non-hydrogen) atoms. The Morgan fingerprint density at radius 3 is 2.12 bits per heavy atom. The number of hydrogen-bond donors (Lipinski definition) is 3. The predicted octanol–water partition coefficient (Wildman–Crippen LogP) is -0.142. The van der Waals surface area contributed by atoms with Gasteiger partial charge in [-0.05, 0) is 19.3 Å². The van der Waals surface area contributed by atoms with Gasteiger partial charge in [0.1, 0.15) is 6.04 Å². The van der Waals surface area contributed by atoms with Crippen LogP contribution in [-0.2, 0) is 9.59 Å². The normalized spacial score (nSPS) is 14.4. The quantitative estimate of drug-likeness (QED) is 0.592. The Labute approximate surface area is 97.2 Å². The monoisotopic (exact) mass is 229 g/mol. The Hall–Kier alpha value is -1.10. The fraction of sp³-hybridized carbons (Fsp3) is 0.818. The predicted molar refractivity (Wildman–Crippen MR) is 63.7 cm³/mol. The SMILES string of the molecule is CNC(=O)C(C)NC(=O)C(CN)CC(C)C. The molecule has 0 rings (SSSR count). The zero-order valence-electron chi connectivity index (χ0n) is 10.5. The number of amides is 2. The van der Waals surface area contributed by atoms with Crippen molar-refractivity contribution >= 4 is 11.8 Å². The van der Waals surface area contributed by atoms with Crippen LogP contribution in [0.4, 0.5) is 0 Å². The second kappa shape index (κ2) is 7.22. The maximum Gasteiger partial charge on any atom is 0.242 e. The number of carbonyl (C=O) groups is 2. The minimum absolute atomic E-state index is 0.146. The van der Waals surface area contributed by atoms with E-state index in [1.807, 2.05) is 13.8 Å². The highest BCUT2D eigenvalue weighted by atomic mass is 16.2. The van der Waals surface area contributed by atoms with E-state index in [0.717, 1.165) is 6.42 Å². The molecule has 2 amide bonds. The zero-order chi connectivity index (χ0) is 12.7. The number of hydrogen-bond acceptors (Lipinski definition) is 3. The molecule has 0 aromatic heterocycles. The second-order valence-corrected chi connectivity index (χ2v) is 4.41. The summed E-state index contributed by atoms with van der Waals surface area (Å²) in [6, 6.07) is -0.515. The second-order valence-electron chi connectivity index (χ2n) is 4.41. The van der Waals surface area contributed by atoms with E-state index in [9.17, 15) is 9.59 Å². The van der Waals surface area contributed by atoms with Gasteiger partial charge in [0.15, 0.2) is 0 Å². The van der Waals surface area contributed by atoms with Crippen molar-refractivity contribution in [1.82, 2.24) is 10.6 Å². The molecule has 0 aromatic carbocycles. The molecular weight excluding hydrogens is 206 g/mol. The van der Waals surface area contributed by atoms with Crippen molar-refractivity contribution in [2.45, 2.75) is 33.2 Å². The third kappa shape index (κ3) is 5.11. The molecule has 0 spiro atoms. The molecule has 0 fully saturated rings. The van der Waals surface area contributed by atoms with Crippen LogP contribution in [0.3, 0.4) is 0 Å². The van der Waals surface area contributed by atoms with Crippen molar-refractivity contribution in [3.8, 4) is 0 Å². The Balaban J connectivity index is 4.25. The van der Waals surface area contributed by atoms with Gasteiger partial charge in [-0.15, -0.1) is 0 Å². The number of likely N-dealkylation sites (N-methyl/N-ethyl adjacent to an activating group) is 1. The summed E-state index contributed by atoms with van der Waals surface area (Å²) in [6.45, 7) is 6.04. The van der Waals surface area contributed by atoms with Gasteiger partial charge in [-0.25, -0.2) is 0 Å². The van der Waals surface area contributed by atoms with Crippen molar-refractivity contribution in [3.63, 3.8) is 0 Å². The summed E-state index contributed by atoms with van der Waals surface area (Å²) in [5, 5.41) is 5.14. The van der Waals surface area contributed by atoms with Gasteiger partial charge >= 0.3 is 0 Å². The number of rotatable bonds is 6. The van der Waals surface area contributed by atoms with E-state index in [4.69, 9.17) is 5.73 Å². The lowest BCUT2D eigenvalue weighted by atomic mass is 9.96. The molecule has 0 aromatic rings. The molecule has 0 aliphatic heterocycles. The van der Waals surface area contributed by atoms with Crippen molar-refractivity contribution in [3.05, 3.63) is 0 Å². The minimum atomic E-state index is -0.515. The van der Waals surface area contributed by atoms with Gasteiger partial charge in [0.2, 0.25) is 11.8 Å². The maximum atomic E-state index is 11.8. The summed E-state index contributed by atoms with van der Waals surface area (Å²) >= 11 is 0. The first-order valence-electron chi connectivity index (χ1n) is 5.64. The van der Waals surface area contributed by atoms with E-state index >= 15 is 0 Å². The highest BCUT2D eigenvalue weighted by Crippen LogP contribution is 2.10. The van der Waals surface area contributed by atoms with Crippen LogP contribution >= 0.6 is 0 Å². The van der Waals surface area contributed by atoms with Crippen LogP contribution in [0.5, 0.6) is 0 Å². The summed E-state index contributed by atoms with van der Waals surface area (Å²) in [6.07, 6.45) is 0.739. The summed E-state index contributed by atoms with van der Waals surface area (Å²) in [5.41, 5.74) is 5.54. The van der Waals surface area contributed by atoms with E-state index in [-0.39, 0.29) is 17.7 Å². The highest BCUT2D eigenvalue weighted by molar-refractivity contribution is 5.88. The zero-order valence-corrected chi connectivity index (χ0v) is 10.5. The van der Waals surface area contributed by atoms with Gasteiger partial charge in [-0.1, -0.05) is 13.8 Å². The first-order valence-corrected chi connectivity index (χ1v) is 5.64. The minimum Gasteiger partial charge on any atom is -0.357 e. The summed E-state index contributed by atoms with van der Waals surface area (Å²) in [7, 11) is 1.54. The van der Waals surface area contributed by atoms with Crippen molar-refractivity contribution in [2.24, 2.45) is 17.6 Å². The van der Waals surface area contributed by atoms with Gasteiger partial charge in [-0.3, -0.25) is 9.59 Å². The Morgan fingerprint density at radius 1 is 1.19 bits per heavy atom. The topological polar surface area (TPSA) is 84.2 Å². The number of nitrogens with one attached hydrogen (secondary N) is 2. The number of carbonyl (C=O) groups excluding carboxylic acids is 2. The Morgan fingerprint density at radius 2 is 1.75 bits per heavy atom. The lowest BCUT2D eigenvalue weighted by Gasteiger charge is -2.19. The molecule has 5 heteroatoms. The molecule has 0 saturated carbocycles. The van der Waals surface area contributed by atoms with Crippen LogP contribution in [0.25, 0.3) is 0 Å². The van der Waals surface area contributed by atoms with Crippen LogP contribution < -0.4 is 16.4 Å². The van der Waals surface area contributed by atoms with E-state index in [0.29, 0.717) is 12.5 Å². The largest absolute Gasteiger partial charge is 0.357 e. The van der Waals surface area contributed by atoms with E-state index in [1.165, 1.54) is 0 Å². The van der Waals surface area contributed by atoms with Crippen LogP contribution in [0.15, 0.2) is 0 Å². The highest BCUT2D eigenvalue weighted by Gasteiger charge is 2.21. The fourth-order valence-electron chi connectivity index (χ4n) is 1.49. The summed E-state index contributed by atoms with van der Waals surface area (Å²) in [5.74, 6) is -0.150. The molecule has 0 aliphatic rings. The molecule has 94 valence electrons. The molecule has 0 bridgehead atoms. The van der Waals surface area contributed by atoms with Crippen LogP contribution in [0, 0.1) is 11.8 Å². The van der Waals surface area contributed by atoms with Crippen molar-refractivity contribution < 1.29 is 9.59 Å². The maximum absolute atomic E-state index is 11.8. The Kier molecular flexibility index (Phi) is 6.72. The average molecular weight is 229 g/mol. The standard InChI is InChI=1S/C11H23N3O2/c1-7(2)5-9(6-12)11(16)14-8(3)10(15)13-4/h7-9H,5-6,12H2,1-4H3,(H,13,15)(H,14,16). The number of nitrogens with two attached hydrogens (primary N) is 1. The molecule has 5 nitrogen and oxygen atoms in total. The first-order chi connectivity index (χ1) is 7.42. The van der Waals surface area contributed by atoms with Crippen LogP contribution in [-0.4, -0.2) is 31.4 Å². The molecule has 0 saturated heterocycles. The third-order valence-corrected chi connectivity index (χ3v) is 2.41. The lowest BCUT2D eigenvalue weighted by molar-refractivity contribution is -0.130. The van der Waals surface area contributed by atoms with Gasteiger partial charge in [0.25, 0.3) is 0 Å². The van der Waals surface area contributed by atoms with Crippen molar-refractivity contribution in [2.75, 3.05) is 13.6 Å². The molecule has 4 N–H and O–H groups in total. The van der Waals surface area contributed by atoms with Gasteiger partial charge in [0.05, 0.1) is 5.92 Å². The summed E-state index contributed by atoms with van der Waals surface area (Å²) < 4.78 is 0. The van der Waals surface area contributed by atoms with E-state index < -0.39 is 6.04 Å². The molecule has 0 radical (unpaired) electrons. The molecular formula is C11H23N3O2. The van der Waals surface area contributed by atoms with Gasteiger partial charge in [0, 0.05) is 13.6 Å². The van der Waals surface area contributed by atoms with E-state index in [2.05, 4.69) is 10.6 Å². The average Bonchev–Trinajstić information content (AvgIpc) is 2.23. The molecule has 2 unspecified atom stereocenters. The first kappa shape index (κ1) is 14.9. The van der Waals surface area contributed by atoms with Gasteiger partial charge < -0.3 is 16.4 Å². The van der Waals surface area contributed by atoms with E-state index in [1.54, 1.807) is 14.0 Å². The summed E-state index contributed by atoms with van der Waals surface area (Å²) in [4.78, 5) is 23.0. The molecule has 2 atom stereocenters. The smallest absolute Gasteiger partial charge is 0.242 e. The van der Waals surface area contributed by atoms with Crippen molar-refractivity contribution in [1.29, 1.82) is 0 Å². The van der Waals surface area contributed by atoms with Crippen LogP contribution in [0.1, 0.15) is 27.2 Å². The molecule has 0 heterocycles. The fourth-order valence-corrected chi connectivity index (χ4v) is 1.49.